The number of amides is 1. The molecule has 1 amide bonds. The summed E-state index contributed by atoms with van der Waals surface area (Å²) in [4.78, 5) is 31.6. The number of ketones is 1. The summed E-state index contributed by atoms with van der Waals surface area (Å²) in [6, 6.07) is 16.4. The lowest BCUT2D eigenvalue weighted by atomic mass is 9.88. The Balaban J connectivity index is 1.71. The van der Waals surface area contributed by atoms with Crippen molar-refractivity contribution in [2.24, 2.45) is 0 Å². The molecule has 1 N–H and O–H groups in total. The van der Waals surface area contributed by atoms with Gasteiger partial charge in [-0.25, -0.2) is 0 Å². The minimum atomic E-state index is -1.91. The van der Waals surface area contributed by atoms with E-state index in [2.05, 4.69) is 20.9 Å². The number of rotatable bonds is 5. The number of nitrogens with zero attached hydrogens (tertiary/aromatic N) is 2. The Kier molecular flexibility index (Phi) is 5.06. The molecule has 0 bridgehead atoms. The third-order valence-corrected chi connectivity index (χ3v) is 5.67. The van der Waals surface area contributed by atoms with Crippen molar-refractivity contribution in [3.05, 3.63) is 93.7 Å². The van der Waals surface area contributed by atoms with E-state index in [1.807, 2.05) is 37.3 Å². The molecule has 3 aromatic rings. The van der Waals surface area contributed by atoms with Gasteiger partial charge in [0.2, 0.25) is 0 Å². The Bertz CT molecular complexity index is 1080. The summed E-state index contributed by atoms with van der Waals surface area (Å²) in [7, 11) is 0. The smallest absolute Gasteiger partial charge is 0.264 e. The van der Waals surface area contributed by atoms with E-state index in [-0.39, 0.29) is 12.2 Å². The fourth-order valence-electron chi connectivity index (χ4n) is 3.60. The lowest BCUT2D eigenvalue weighted by Gasteiger charge is -2.23. The maximum Gasteiger partial charge on any atom is 0.264 e. The molecule has 0 spiro atoms. The highest BCUT2D eigenvalue weighted by atomic mass is 79.9. The molecule has 2 aromatic carbocycles. The average Bonchev–Trinajstić information content (AvgIpc) is 2.92. The number of anilines is 1. The van der Waals surface area contributed by atoms with Gasteiger partial charge in [0.1, 0.15) is 0 Å². The minimum Gasteiger partial charge on any atom is -0.375 e. The van der Waals surface area contributed by atoms with Crippen molar-refractivity contribution in [2.45, 2.75) is 25.5 Å². The maximum absolute atomic E-state index is 13.3. The zero-order valence-corrected chi connectivity index (χ0v) is 17.4. The number of pyridine rings is 1. The first kappa shape index (κ1) is 19.5. The predicted octanol–water partition coefficient (Wildman–Crippen LogP) is 4.16. The van der Waals surface area contributed by atoms with E-state index < -0.39 is 11.5 Å². The summed E-state index contributed by atoms with van der Waals surface area (Å²) < 4.78 is 0.732. The largest absolute Gasteiger partial charge is 0.375 e. The molecule has 6 heteroatoms. The van der Waals surface area contributed by atoms with Gasteiger partial charge in [0.05, 0.1) is 18.7 Å². The summed E-state index contributed by atoms with van der Waals surface area (Å²) in [5.41, 5.74) is 1.63. The molecule has 1 aromatic heterocycles. The van der Waals surface area contributed by atoms with E-state index in [1.165, 1.54) is 12.4 Å². The van der Waals surface area contributed by atoms with Gasteiger partial charge in [-0.05, 0) is 42.8 Å². The molecule has 29 heavy (non-hydrogen) atoms. The van der Waals surface area contributed by atoms with Crippen LogP contribution in [-0.4, -0.2) is 21.8 Å². The second-order valence-electron chi connectivity index (χ2n) is 7.23. The normalized spacial score (nSPS) is 18.0. The van der Waals surface area contributed by atoms with Crippen LogP contribution in [0.25, 0.3) is 0 Å². The first-order valence-electron chi connectivity index (χ1n) is 9.21. The number of Topliss-reactive ketones (excluding diaryl/α,β-unsaturated/α-hetero) is 1. The first-order valence-corrected chi connectivity index (χ1v) is 10.0. The number of fused-ring (bicyclic) bond motifs is 1. The zero-order valence-electron chi connectivity index (χ0n) is 15.8. The van der Waals surface area contributed by atoms with Gasteiger partial charge in [-0.2, -0.15) is 0 Å². The highest BCUT2D eigenvalue weighted by Crippen LogP contribution is 2.44. The topological polar surface area (TPSA) is 70.5 Å². The molecule has 146 valence electrons. The van der Waals surface area contributed by atoms with Crippen molar-refractivity contribution in [1.29, 1.82) is 0 Å². The molecule has 0 saturated carbocycles. The third kappa shape index (κ3) is 3.61. The van der Waals surface area contributed by atoms with Crippen LogP contribution in [0.5, 0.6) is 0 Å². The van der Waals surface area contributed by atoms with Gasteiger partial charge in [-0.3, -0.25) is 14.6 Å². The van der Waals surface area contributed by atoms with E-state index in [1.54, 1.807) is 29.2 Å². The molecule has 0 saturated heterocycles. The van der Waals surface area contributed by atoms with Crippen LogP contribution in [0.4, 0.5) is 5.69 Å². The standard InChI is InChI=1S/C23H19BrN2O3/c1-15-2-4-16(5-3-15)14-26-20-7-6-18(24)12-19(20)23(29,22(26)28)13-21(27)17-8-10-25-11-9-17/h2-12,29H,13-14H2,1H3/t23-/m1/s1. The summed E-state index contributed by atoms with van der Waals surface area (Å²) in [5.74, 6) is -0.806. The van der Waals surface area contributed by atoms with Crippen LogP contribution in [0.15, 0.2) is 71.5 Å². The Labute approximate surface area is 177 Å². The van der Waals surface area contributed by atoms with E-state index in [0.717, 1.165) is 15.6 Å². The van der Waals surface area contributed by atoms with E-state index in [0.29, 0.717) is 23.4 Å². The highest BCUT2D eigenvalue weighted by Gasteiger charge is 2.51. The molecule has 1 aliphatic rings. The van der Waals surface area contributed by atoms with Crippen LogP contribution in [0.1, 0.15) is 33.5 Å². The van der Waals surface area contributed by atoms with Crippen LogP contribution in [-0.2, 0) is 16.9 Å². The van der Waals surface area contributed by atoms with Crippen molar-refractivity contribution in [3.63, 3.8) is 0 Å². The van der Waals surface area contributed by atoms with Crippen LogP contribution in [0.2, 0.25) is 0 Å². The number of carbonyl (C=O) groups is 2. The number of aliphatic hydroxyl groups is 1. The summed E-state index contributed by atoms with van der Waals surface area (Å²) in [6.07, 6.45) is 2.70. The number of aromatic nitrogens is 1. The Morgan fingerprint density at radius 3 is 2.48 bits per heavy atom. The van der Waals surface area contributed by atoms with Gasteiger partial charge >= 0.3 is 0 Å². The molecule has 2 heterocycles. The summed E-state index contributed by atoms with van der Waals surface area (Å²) in [5, 5.41) is 11.4. The zero-order chi connectivity index (χ0) is 20.6. The van der Waals surface area contributed by atoms with E-state index in [9.17, 15) is 14.7 Å². The summed E-state index contributed by atoms with van der Waals surface area (Å²) in [6.45, 7) is 2.32. The van der Waals surface area contributed by atoms with Gasteiger partial charge in [0, 0.05) is 28.0 Å². The average molecular weight is 451 g/mol. The molecule has 1 aliphatic heterocycles. The molecule has 1 atom stereocenters. The van der Waals surface area contributed by atoms with Gasteiger partial charge < -0.3 is 10.0 Å². The predicted molar refractivity (Wildman–Crippen MR) is 114 cm³/mol. The van der Waals surface area contributed by atoms with E-state index >= 15 is 0 Å². The van der Waals surface area contributed by atoms with Crippen LogP contribution < -0.4 is 4.90 Å². The second kappa shape index (κ2) is 7.54. The Morgan fingerprint density at radius 1 is 1.10 bits per heavy atom. The van der Waals surface area contributed by atoms with Crippen molar-refractivity contribution in [1.82, 2.24) is 4.98 Å². The molecule has 5 nitrogen and oxygen atoms in total. The van der Waals surface area contributed by atoms with Gasteiger partial charge in [-0.1, -0.05) is 45.8 Å². The third-order valence-electron chi connectivity index (χ3n) is 5.17. The second-order valence-corrected chi connectivity index (χ2v) is 8.15. The molecule has 0 fully saturated rings. The minimum absolute atomic E-state index is 0.314. The number of hydrogen-bond acceptors (Lipinski definition) is 4. The lowest BCUT2D eigenvalue weighted by molar-refractivity contribution is -0.136. The van der Waals surface area contributed by atoms with Crippen molar-refractivity contribution in [2.75, 3.05) is 4.90 Å². The van der Waals surface area contributed by atoms with Crippen LogP contribution in [0, 0.1) is 6.92 Å². The fraction of sp³-hybridized carbons (Fsp3) is 0.174. The molecule has 0 unspecified atom stereocenters. The number of benzene rings is 2. The number of carbonyl (C=O) groups excluding carboxylic acids is 2. The lowest BCUT2D eigenvalue weighted by Crippen LogP contribution is -2.41. The van der Waals surface area contributed by atoms with Gasteiger partial charge in [0.25, 0.3) is 5.91 Å². The Morgan fingerprint density at radius 2 is 1.79 bits per heavy atom. The molecular formula is C23H19BrN2O3. The summed E-state index contributed by atoms with van der Waals surface area (Å²) >= 11 is 3.41. The molecule has 0 radical (unpaired) electrons. The van der Waals surface area contributed by atoms with Crippen molar-refractivity contribution >= 4 is 33.3 Å². The Hall–Kier alpha value is -2.83. The quantitative estimate of drug-likeness (QED) is 0.592. The van der Waals surface area contributed by atoms with Crippen molar-refractivity contribution in [3.8, 4) is 0 Å². The van der Waals surface area contributed by atoms with Crippen LogP contribution >= 0.6 is 15.9 Å². The molecular weight excluding hydrogens is 432 g/mol. The molecule has 0 aliphatic carbocycles. The van der Waals surface area contributed by atoms with Gasteiger partial charge in [0.15, 0.2) is 11.4 Å². The van der Waals surface area contributed by atoms with Gasteiger partial charge in [-0.15, -0.1) is 0 Å². The first-order chi connectivity index (χ1) is 13.9. The maximum atomic E-state index is 13.3. The van der Waals surface area contributed by atoms with E-state index in [4.69, 9.17) is 0 Å². The van der Waals surface area contributed by atoms with Crippen molar-refractivity contribution < 1.29 is 14.7 Å². The molecule has 4 rings (SSSR count). The monoisotopic (exact) mass is 450 g/mol. The number of halogens is 1. The highest BCUT2D eigenvalue weighted by molar-refractivity contribution is 9.10. The fourth-order valence-corrected chi connectivity index (χ4v) is 3.96. The SMILES string of the molecule is Cc1ccc(CN2C(=O)[C@@](O)(CC(=O)c3ccncc3)c3cc(Br)ccc32)cc1. The number of hydrogen-bond donors (Lipinski definition) is 1. The number of aryl methyl sites for hydroxylation is 1. The van der Waals surface area contributed by atoms with Crippen LogP contribution in [0.3, 0.4) is 0 Å².